The van der Waals surface area contributed by atoms with Gasteiger partial charge in [0.15, 0.2) is 0 Å². The number of rotatable bonds is 0. The van der Waals surface area contributed by atoms with E-state index in [1.807, 2.05) is 18.2 Å². The summed E-state index contributed by atoms with van der Waals surface area (Å²) in [6.07, 6.45) is 0. The Hall–Kier alpha value is -0.610. The van der Waals surface area contributed by atoms with Gasteiger partial charge in [0.1, 0.15) is 0 Å². The minimum Gasteiger partial charge on any atom is -0.302 e. The number of fused-ring (bicyclic) bond motifs is 1. The molecule has 0 spiro atoms. The predicted octanol–water partition coefficient (Wildman–Crippen LogP) is 2.36. The van der Waals surface area contributed by atoms with Crippen LogP contribution in [-0.4, -0.2) is 4.57 Å². The molecule has 0 amide bonds. The SMILES string of the molecule is Cn1c(=O)sc2ccc(Br)cc21. The van der Waals surface area contributed by atoms with Crippen molar-refractivity contribution in [3.63, 3.8) is 0 Å². The van der Waals surface area contributed by atoms with Gasteiger partial charge in [0.25, 0.3) is 0 Å². The van der Waals surface area contributed by atoms with E-state index in [2.05, 4.69) is 15.9 Å². The Labute approximate surface area is 81.6 Å². The van der Waals surface area contributed by atoms with Crippen molar-refractivity contribution in [2.75, 3.05) is 0 Å². The van der Waals surface area contributed by atoms with Crippen LogP contribution in [0.25, 0.3) is 10.2 Å². The molecule has 2 nitrogen and oxygen atoms in total. The summed E-state index contributed by atoms with van der Waals surface area (Å²) in [6.45, 7) is 0. The minimum absolute atomic E-state index is 0.0862. The van der Waals surface area contributed by atoms with Crippen molar-refractivity contribution in [3.8, 4) is 0 Å². The Morgan fingerprint density at radius 2 is 2.25 bits per heavy atom. The van der Waals surface area contributed by atoms with Crippen molar-refractivity contribution in [2.24, 2.45) is 7.05 Å². The lowest BCUT2D eigenvalue weighted by Crippen LogP contribution is -2.06. The Bertz CT molecular complexity index is 485. The van der Waals surface area contributed by atoms with Gasteiger partial charge < -0.3 is 4.57 Å². The molecule has 0 aliphatic rings. The van der Waals surface area contributed by atoms with Gasteiger partial charge in [-0.2, -0.15) is 0 Å². The van der Waals surface area contributed by atoms with Crippen LogP contribution in [0.2, 0.25) is 0 Å². The number of thiazole rings is 1. The zero-order chi connectivity index (χ0) is 8.72. The number of hydrogen-bond acceptors (Lipinski definition) is 2. The Kier molecular flexibility index (Phi) is 1.81. The van der Waals surface area contributed by atoms with Gasteiger partial charge in [-0.15, -0.1) is 0 Å². The van der Waals surface area contributed by atoms with Gasteiger partial charge in [0, 0.05) is 11.5 Å². The second kappa shape index (κ2) is 2.71. The van der Waals surface area contributed by atoms with Crippen molar-refractivity contribution < 1.29 is 0 Å². The topological polar surface area (TPSA) is 22.0 Å². The first-order valence-electron chi connectivity index (χ1n) is 3.43. The molecule has 12 heavy (non-hydrogen) atoms. The molecule has 1 aromatic heterocycles. The van der Waals surface area contributed by atoms with Gasteiger partial charge in [-0.05, 0) is 18.2 Å². The van der Waals surface area contributed by atoms with Gasteiger partial charge in [-0.3, -0.25) is 4.79 Å². The van der Waals surface area contributed by atoms with Crippen LogP contribution < -0.4 is 4.87 Å². The molecule has 0 atom stereocenters. The van der Waals surface area contributed by atoms with Crippen molar-refractivity contribution in [1.29, 1.82) is 0 Å². The van der Waals surface area contributed by atoms with Crippen LogP contribution in [-0.2, 0) is 7.05 Å². The smallest absolute Gasteiger partial charge is 0.302 e. The van der Waals surface area contributed by atoms with Gasteiger partial charge in [-0.25, -0.2) is 0 Å². The highest BCUT2D eigenvalue weighted by molar-refractivity contribution is 9.10. The molecule has 4 heteroatoms. The predicted molar refractivity (Wildman–Crippen MR) is 54.8 cm³/mol. The largest absolute Gasteiger partial charge is 0.307 e. The third-order valence-electron chi connectivity index (χ3n) is 1.75. The van der Waals surface area contributed by atoms with Gasteiger partial charge in [0.2, 0.25) is 0 Å². The summed E-state index contributed by atoms with van der Waals surface area (Å²) < 4.78 is 3.69. The van der Waals surface area contributed by atoms with Crippen LogP contribution in [0.4, 0.5) is 0 Å². The zero-order valence-electron chi connectivity index (χ0n) is 6.37. The molecule has 2 aromatic rings. The third-order valence-corrected chi connectivity index (χ3v) is 3.26. The molecule has 2 rings (SSSR count). The number of hydrogen-bond donors (Lipinski definition) is 0. The van der Waals surface area contributed by atoms with E-state index in [1.54, 1.807) is 11.6 Å². The van der Waals surface area contributed by atoms with E-state index in [0.717, 1.165) is 14.7 Å². The quantitative estimate of drug-likeness (QED) is 0.697. The summed E-state index contributed by atoms with van der Waals surface area (Å²) in [5, 5.41) is 0. The molecular formula is C8H6BrNOS. The molecule has 62 valence electrons. The summed E-state index contributed by atoms with van der Waals surface area (Å²) in [5.74, 6) is 0. The maximum absolute atomic E-state index is 11.2. The Balaban J connectivity index is 2.98. The highest BCUT2D eigenvalue weighted by atomic mass is 79.9. The first-order valence-corrected chi connectivity index (χ1v) is 5.04. The number of nitrogens with zero attached hydrogens (tertiary/aromatic N) is 1. The second-order valence-corrected chi connectivity index (χ2v) is 4.45. The lowest BCUT2D eigenvalue weighted by Gasteiger charge is -1.93. The summed E-state index contributed by atoms with van der Waals surface area (Å²) in [4.78, 5) is 11.3. The summed E-state index contributed by atoms with van der Waals surface area (Å²) in [5.41, 5.74) is 0.986. The first-order chi connectivity index (χ1) is 5.68. The molecule has 1 aromatic carbocycles. The Morgan fingerprint density at radius 1 is 1.50 bits per heavy atom. The van der Waals surface area contributed by atoms with Crippen LogP contribution in [0.15, 0.2) is 27.5 Å². The van der Waals surface area contributed by atoms with Crippen molar-refractivity contribution in [3.05, 3.63) is 32.3 Å². The number of halogens is 1. The van der Waals surface area contributed by atoms with E-state index in [-0.39, 0.29) is 4.87 Å². The van der Waals surface area contributed by atoms with E-state index in [4.69, 9.17) is 0 Å². The molecule has 0 N–H and O–H groups in total. The number of aryl methyl sites for hydroxylation is 1. The highest BCUT2D eigenvalue weighted by Gasteiger charge is 2.02. The molecular weight excluding hydrogens is 238 g/mol. The van der Waals surface area contributed by atoms with Crippen LogP contribution in [0.3, 0.4) is 0 Å². The van der Waals surface area contributed by atoms with E-state index in [0.29, 0.717) is 0 Å². The van der Waals surface area contributed by atoms with Crippen molar-refractivity contribution in [1.82, 2.24) is 4.57 Å². The fourth-order valence-electron chi connectivity index (χ4n) is 1.10. The normalized spacial score (nSPS) is 10.8. The fourth-order valence-corrected chi connectivity index (χ4v) is 2.31. The molecule has 0 aliphatic carbocycles. The van der Waals surface area contributed by atoms with E-state index in [9.17, 15) is 4.79 Å². The van der Waals surface area contributed by atoms with Crippen LogP contribution in [0.5, 0.6) is 0 Å². The molecule has 0 unspecified atom stereocenters. The van der Waals surface area contributed by atoms with Gasteiger partial charge in [-0.1, -0.05) is 27.3 Å². The molecule has 0 saturated heterocycles. The molecule has 0 fully saturated rings. The van der Waals surface area contributed by atoms with Crippen LogP contribution >= 0.6 is 27.3 Å². The summed E-state index contributed by atoms with van der Waals surface area (Å²) >= 11 is 4.64. The first kappa shape index (κ1) is 8.01. The zero-order valence-corrected chi connectivity index (χ0v) is 8.78. The Morgan fingerprint density at radius 3 is 3.00 bits per heavy atom. The average Bonchev–Trinajstić information content (AvgIpc) is 2.31. The molecule has 0 radical (unpaired) electrons. The standard InChI is InChI=1S/C8H6BrNOS/c1-10-6-4-5(9)2-3-7(6)12-8(10)11/h2-4H,1H3. The van der Waals surface area contributed by atoms with E-state index >= 15 is 0 Å². The fraction of sp³-hybridized carbons (Fsp3) is 0.125. The lowest BCUT2D eigenvalue weighted by atomic mass is 10.3. The highest BCUT2D eigenvalue weighted by Crippen LogP contribution is 2.20. The number of benzene rings is 1. The monoisotopic (exact) mass is 243 g/mol. The lowest BCUT2D eigenvalue weighted by molar-refractivity contribution is 0.938. The molecule has 1 heterocycles. The van der Waals surface area contributed by atoms with Crippen LogP contribution in [0, 0.1) is 0 Å². The maximum Gasteiger partial charge on any atom is 0.307 e. The van der Waals surface area contributed by atoms with Crippen molar-refractivity contribution >= 4 is 37.5 Å². The van der Waals surface area contributed by atoms with Gasteiger partial charge in [0.05, 0.1) is 10.2 Å². The van der Waals surface area contributed by atoms with E-state index < -0.39 is 0 Å². The summed E-state index contributed by atoms with van der Waals surface area (Å²) in [6, 6.07) is 5.84. The van der Waals surface area contributed by atoms with Gasteiger partial charge >= 0.3 is 4.87 Å². The minimum atomic E-state index is 0.0862. The molecule has 0 saturated carbocycles. The van der Waals surface area contributed by atoms with Crippen molar-refractivity contribution in [2.45, 2.75) is 0 Å². The maximum atomic E-state index is 11.2. The van der Waals surface area contributed by atoms with E-state index in [1.165, 1.54) is 11.3 Å². The molecule has 0 aliphatic heterocycles. The molecule has 0 bridgehead atoms. The average molecular weight is 244 g/mol. The second-order valence-electron chi connectivity index (χ2n) is 2.54. The summed E-state index contributed by atoms with van der Waals surface area (Å²) in [7, 11) is 1.79. The third kappa shape index (κ3) is 1.11. The number of aromatic nitrogens is 1. The van der Waals surface area contributed by atoms with Crippen LogP contribution in [0.1, 0.15) is 0 Å².